The van der Waals surface area contributed by atoms with Gasteiger partial charge in [0, 0.05) is 24.3 Å². The van der Waals surface area contributed by atoms with Crippen molar-refractivity contribution >= 4 is 34.6 Å². The van der Waals surface area contributed by atoms with Crippen LogP contribution < -0.4 is 24.3 Å². The molecule has 0 aliphatic rings. The molecule has 0 radical (unpaired) electrons. The van der Waals surface area contributed by atoms with Gasteiger partial charge in [0.1, 0.15) is 23.0 Å². The molecule has 124 valence electrons. The third-order valence-electron chi connectivity index (χ3n) is 3.22. The van der Waals surface area contributed by atoms with Crippen molar-refractivity contribution in [3.05, 3.63) is 34.3 Å². The van der Waals surface area contributed by atoms with Gasteiger partial charge in [-0.2, -0.15) is 0 Å². The van der Waals surface area contributed by atoms with Crippen LogP contribution in [0.25, 0.3) is 0 Å². The van der Waals surface area contributed by atoms with E-state index < -0.39 is 0 Å². The summed E-state index contributed by atoms with van der Waals surface area (Å²) in [6.07, 6.45) is 0. The maximum absolute atomic E-state index is 6.12. The van der Waals surface area contributed by atoms with Crippen molar-refractivity contribution in [2.24, 2.45) is 0 Å². The van der Waals surface area contributed by atoms with Crippen molar-refractivity contribution in [3.63, 3.8) is 0 Å². The average Bonchev–Trinajstić information content (AvgIpc) is 2.56. The van der Waals surface area contributed by atoms with E-state index in [1.807, 2.05) is 0 Å². The van der Waals surface area contributed by atoms with E-state index in [2.05, 4.69) is 5.32 Å². The molecule has 0 aliphatic carbocycles. The summed E-state index contributed by atoms with van der Waals surface area (Å²) in [4.78, 5) is 0. The van der Waals surface area contributed by atoms with E-state index in [-0.39, 0.29) is 0 Å². The van der Waals surface area contributed by atoms with Crippen molar-refractivity contribution in [3.8, 4) is 23.0 Å². The van der Waals surface area contributed by atoms with Gasteiger partial charge >= 0.3 is 0 Å². The molecule has 2 rings (SSSR count). The van der Waals surface area contributed by atoms with Crippen molar-refractivity contribution in [2.75, 3.05) is 33.8 Å². The van der Waals surface area contributed by atoms with Gasteiger partial charge in [0.25, 0.3) is 0 Å². The smallest absolute Gasteiger partial charge is 0.144 e. The van der Waals surface area contributed by atoms with E-state index in [0.29, 0.717) is 44.4 Å². The van der Waals surface area contributed by atoms with Gasteiger partial charge in [-0.05, 0) is 0 Å². The summed E-state index contributed by atoms with van der Waals surface area (Å²) in [5, 5.41) is 4.13. The molecular formula is C16H17Cl2NO4. The second kappa shape index (κ2) is 7.53. The van der Waals surface area contributed by atoms with Crippen LogP contribution in [0.2, 0.25) is 10.0 Å². The van der Waals surface area contributed by atoms with Crippen LogP contribution in [0.1, 0.15) is 0 Å². The van der Waals surface area contributed by atoms with E-state index in [0.717, 1.165) is 0 Å². The predicted octanol–water partition coefficient (Wildman–Crippen LogP) is 4.77. The number of ether oxygens (including phenoxy) is 4. The molecular weight excluding hydrogens is 341 g/mol. The summed E-state index contributed by atoms with van der Waals surface area (Å²) in [5.74, 6) is 2.17. The molecule has 1 N–H and O–H groups in total. The first kappa shape index (κ1) is 17.4. The molecule has 0 spiro atoms. The van der Waals surface area contributed by atoms with Crippen LogP contribution in [0.3, 0.4) is 0 Å². The highest BCUT2D eigenvalue weighted by molar-refractivity contribution is 6.32. The lowest BCUT2D eigenvalue weighted by atomic mass is 10.2. The zero-order valence-corrected chi connectivity index (χ0v) is 14.7. The van der Waals surface area contributed by atoms with Crippen molar-refractivity contribution in [1.29, 1.82) is 0 Å². The Morgan fingerprint density at radius 3 is 1.26 bits per heavy atom. The lowest BCUT2D eigenvalue weighted by Gasteiger charge is -2.17. The zero-order chi connectivity index (χ0) is 17.0. The van der Waals surface area contributed by atoms with Crippen molar-refractivity contribution < 1.29 is 18.9 Å². The Labute approximate surface area is 145 Å². The molecule has 2 aromatic rings. The molecule has 5 nitrogen and oxygen atoms in total. The minimum atomic E-state index is 0.454. The van der Waals surface area contributed by atoms with Crippen LogP contribution in [0.15, 0.2) is 24.3 Å². The van der Waals surface area contributed by atoms with Crippen molar-refractivity contribution in [1.82, 2.24) is 0 Å². The Bertz CT molecular complexity index is 647. The van der Waals surface area contributed by atoms with Gasteiger partial charge in [-0.25, -0.2) is 0 Å². The summed E-state index contributed by atoms with van der Waals surface area (Å²) < 4.78 is 21.2. The zero-order valence-electron chi connectivity index (χ0n) is 13.2. The molecule has 0 saturated carbocycles. The lowest BCUT2D eigenvalue weighted by Crippen LogP contribution is -1.99. The molecule has 0 saturated heterocycles. The van der Waals surface area contributed by atoms with Gasteiger partial charge in [0.05, 0.1) is 49.9 Å². The third kappa shape index (κ3) is 3.68. The minimum absolute atomic E-state index is 0.454. The van der Waals surface area contributed by atoms with Crippen LogP contribution >= 0.6 is 23.2 Å². The Kier molecular flexibility index (Phi) is 5.69. The SMILES string of the molecule is COc1cc(Nc2cc(OC)c(Cl)cc2OC)c(OC)cc1Cl. The number of halogens is 2. The largest absolute Gasteiger partial charge is 0.495 e. The van der Waals surface area contributed by atoms with Gasteiger partial charge in [0.2, 0.25) is 0 Å². The van der Waals surface area contributed by atoms with Crippen LogP contribution in [-0.4, -0.2) is 28.4 Å². The van der Waals surface area contributed by atoms with E-state index in [4.69, 9.17) is 42.1 Å². The van der Waals surface area contributed by atoms with E-state index in [9.17, 15) is 0 Å². The van der Waals surface area contributed by atoms with Gasteiger partial charge < -0.3 is 24.3 Å². The normalized spacial score (nSPS) is 10.2. The third-order valence-corrected chi connectivity index (χ3v) is 3.81. The molecule has 0 aliphatic heterocycles. The summed E-state index contributed by atoms with van der Waals surface area (Å²) >= 11 is 12.2. The van der Waals surface area contributed by atoms with Crippen LogP contribution in [0.4, 0.5) is 11.4 Å². The van der Waals surface area contributed by atoms with Crippen LogP contribution in [0, 0.1) is 0 Å². The van der Waals surface area contributed by atoms with Crippen molar-refractivity contribution in [2.45, 2.75) is 0 Å². The number of methoxy groups -OCH3 is 4. The minimum Gasteiger partial charge on any atom is -0.495 e. The standard InChI is InChI=1S/C16H17Cl2NO4/c1-20-13-7-11(15(22-3)5-9(13)17)19-12-8-14(21-2)10(18)6-16(12)23-4/h5-8,19H,1-4H3. The first-order valence-corrected chi connectivity index (χ1v) is 7.39. The molecule has 7 heteroatoms. The fraction of sp³-hybridized carbons (Fsp3) is 0.250. The number of nitrogens with one attached hydrogen (secondary N) is 1. The number of rotatable bonds is 6. The molecule has 0 unspecified atom stereocenters. The summed E-state index contributed by atoms with van der Waals surface area (Å²) in [6.45, 7) is 0. The monoisotopic (exact) mass is 357 g/mol. The molecule has 23 heavy (non-hydrogen) atoms. The Morgan fingerprint density at radius 1 is 0.609 bits per heavy atom. The topological polar surface area (TPSA) is 49.0 Å². The quantitative estimate of drug-likeness (QED) is 0.806. The maximum atomic E-state index is 6.12. The number of benzene rings is 2. The van der Waals surface area contributed by atoms with Crippen LogP contribution in [-0.2, 0) is 0 Å². The molecule has 0 amide bonds. The van der Waals surface area contributed by atoms with Gasteiger partial charge in [-0.3, -0.25) is 0 Å². The van der Waals surface area contributed by atoms with E-state index in [1.54, 1.807) is 52.7 Å². The highest BCUT2D eigenvalue weighted by Gasteiger charge is 2.14. The highest BCUT2D eigenvalue weighted by Crippen LogP contribution is 2.41. The lowest BCUT2D eigenvalue weighted by molar-refractivity contribution is 0.403. The first-order valence-electron chi connectivity index (χ1n) is 6.64. The van der Waals surface area contributed by atoms with E-state index in [1.165, 1.54) is 0 Å². The molecule has 0 fully saturated rings. The number of anilines is 2. The summed E-state index contributed by atoms with van der Waals surface area (Å²) in [5.41, 5.74) is 1.33. The molecule has 0 atom stereocenters. The van der Waals surface area contributed by atoms with Gasteiger partial charge in [-0.15, -0.1) is 0 Å². The second-order valence-corrected chi connectivity index (χ2v) is 5.31. The van der Waals surface area contributed by atoms with Gasteiger partial charge in [-0.1, -0.05) is 23.2 Å². The molecule has 0 heterocycles. The Morgan fingerprint density at radius 2 is 0.957 bits per heavy atom. The number of hydrogen-bond acceptors (Lipinski definition) is 5. The number of hydrogen-bond donors (Lipinski definition) is 1. The van der Waals surface area contributed by atoms with E-state index >= 15 is 0 Å². The molecule has 0 aromatic heterocycles. The Balaban J connectivity index is 2.49. The highest BCUT2D eigenvalue weighted by atomic mass is 35.5. The molecule has 0 bridgehead atoms. The summed E-state index contributed by atoms with van der Waals surface area (Å²) in [7, 11) is 6.21. The fourth-order valence-corrected chi connectivity index (χ4v) is 2.52. The maximum Gasteiger partial charge on any atom is 0.144 e. The fourth-order valence-electron chi connectivity index (χ4n) is 2.06. The predicted molar refractivity (Wildman–Crippen MR) is 92.4 cm³/mol. The van der Waals surface area contributed by atoms with Gasteiger partial charge in [0.15, 0.2) is 0 Å². The summed E-state index contributed by atoms with van der Waals surface area (Å²) in [6, 6.07) is 6.81. The Hall–Kier alpha value is -1.98. The molecule has 2 aromatic carbocycles. The van der Waals surface area contributed by atoms with Crippen LogP contribution in [0.5, 0.6) is 23.0 Å². The first-order chi connectivity index (χ1) is 11.0. The average molecular weight is 358 g/mol. The second-order valence-electron chi connectivity index (χ2n) is 4.50.